The molecule has 2 aromatic rings. The molecule has 5 heteroatoms. The molecule has 2 rings (SSSR count). The molecule has 0 heterocycles. The minimum atomic E-state index is 0.640. The highest BCUT2D eigenvalue weighted by Crippen LogP contribution is 2.29. The van der Waals surface area contributed by atoms with E-state index in [0.717, 1.165) is 9.79 Å². The summed E-state index contributed by atoms with van der Waals surface area (Å²) in [4.78, 5) is 11.4. The van der Waals surface area contributed by atoms with Crippen molar-refractivity contribution in [3.63, 3.8) is 0 Å². The predicted octanol–water partition coefficient (Wildman–Crippen LogP) is 2.34. The predicted molar refractivity (Wildman–Crippen MR) is 66.6 cm³/mol. The minimum Gasteiger partial charge on any atom is -0.412 e. The van der Waals surface area contributed by atoms with Crippen LogP contribution >= 0.6 is 11.8 Å². The van der Waals surface area contributed by atoms with Crippen molar-refractivity contribution in [3.05, 3.63) is 48.5 Å². The van der Waals surface area contributed by atoms with Crippen LogP contribution in [-0.4, -0.2) is 0 Å². The highest BCUT2D eigenvalue weighted by molar-refractivity contribution is 7.99. The summed E-state index contributed by atoms with van der Waals surface area (Å²) in [6.45, 7) is 0. The van der Waals surface area contributed by atoms with Gasteiger partial charge in [-0.25, -0.2) is 0 Å². The summed E-state index contributed by atoms with van der Waals surface area (Å²) in [5.41, 5.74) is 0. The van der Waals surface area contributed by atoms with E-state index in [-0.39, 0.29) is 0 Å². The third kappa shape index (κ3) is 3.13. The lowest BCUT2D eigenvalue weighted by Crippen LogP contribution is -2.01. The van der Waals surface area contributed by atoms with Crippen LogP contribution in [0.3, 0.4) is 0 Å². The van der Waals surface area contributed by atoms with Crippen molar-refractivity contribution < 1.29 is 9.68 Å². The Morgan fingerprint density at radius 2 is 1.00 bits per heavy atom. The van der Waals surface area contributed by atoms with E-state index >= 15 is 0 Å². The molecule has 88 valence electrons. The Hall–Kier alpha value is -1.69. The average molecular weight is 248 g/mol. The Balaban J connectivity index is 2.08. The second kappa shape index (κ2) is 5.58. The standard InChI is InChI=1S/C12H12N2O2S/c13-15-9-1-5-11(6-2-9)17-12-7-3-10(16-14)4-8-12/h1-8H,13-14H2. The topological polar surface area (TPSA) is 70.5 Å². The molecular weight excluding hydrogens is 236 g/mol. The van der Waals surface area contributed by atoms with Crippen molar-refractivity contribution in [1.29, 1.82) is 0 Å². The largest absolute Gasteiger partial charge is 0.412 e. The number of hydrogen-bond acceptors (Lipinski definition) is 5. The second-order valence-corrected chi connectivity index (χ2v) is 4.43. The zero-order valence-corrected chi connectivity index (χ0v) is 9.81. The SMILES string of the molecule is NOc1ccc(Sc2ccc(ON)cc2)cc1. The van der Waals surface area contributed by atoms with E-state index in [2.05, 4.69) is 9.68 Å². The van der Waals surface area contributed by atoms with E-state index in [9.17, 15) is 0 Å². The van der Waals surface area contributed by atoms with Gasteiger partial charge < -0.3 is 9.68 Å². The highest BCUT2D eigenvalue weighted by Gasteiger charge is 1.99. The van der Waals surface area contributed by atoms with Crippen LogP contribution in [0.2, 0.25) is 0 Å². The Bertz CT molecular complexity index is 425. The van der Waals surface area contributed by atoms with E-state index in [0.29, 0.717) is 11.5 Å². The maximum Gasteiger partial charge on any atom is 0.146 e. The van der Waals surface area contributed by atoms with Crippen LogP contribution in [0.4, 0.5) is 0 Å². The smallest absolute Gasteiger partial charge is 0.146 e. The van der Waals surface area contributed by atoms with Crippen molar-refractivity contribution in [2.45, 2.75) is 9.79 Å². The zero-order chi connectivity index (χ0) is 12.1. The van der Waals surface area contributed by atoms with Gasteiger partial charge in [0, 0.05) is 9.79 Å². The quantitative estimate of drug-likeness (QED) is 0.813. The van der Waals surface area contributed by atoms with Gasteiger partial charge in [0.2, 0.25) is 0 Å². The van der Waals surface area contributed by atoms with Gasteiger partial charge in [0.1, 0.15) is 11.5 Å². The summed E-state index contributed by atoms with van der Waals surface area (Å²) in [5.74, 6) is 11.4. The molecule has 0 amide bonds. The van der Waals surface area contributed by atoms with Gasteiger partial charge in [-0.3, -0.25) is 0 Å². The molecule has 0 aliphatic carbocycles. The van der Waals surface area contributed by atoms with Crippen LogP contribution < -0.4 is 21.5 Å². The molecule has 0 spiro atoms. The fourth-order valence-electron chi connectivity index (χ4n) is 1.31. The van der Waals surface area contributed by atoms with Gasteiger partial charge in [-0.15, -0.1) is 0 Å². The van der Waals surface area contributed by atoms with Gasteiger partial charge in [-0.1, -0.05) is 11.8 Å². The first-order valence-electron chi connectivity index (χ1n) is 4.93. The van der Waals surface area contributed by atoms with Crippen LogP contribution in [0, 0.1) is 0 Å². The first kappa shape index (κ1) is 11.8. The molecule has 4 nitrogen and oxygen atoms in total. The lowest BCUT2D eigenvalue weighted by molar-refractivity contribution is 0.334. The molecule has 0 aliphatic heterocycles. The molecule has 0 saturated carbocycles. The maximum atomic E-state index is 5.05. The summed E-state index contributed by atoms with van der Waals surface area (Å²) in [6, 6.07) is 15.1. The number of benzene rings is 2. The van der Waals surface area contributed by atoms with Crippen LogP contribution in [0.5, 0.6) is 11.5 Å². The fraction of sp³-hybridized carbons (Fsp3) is 0. The van der Waals surface area contributed by atoms with Crippen molar-refractivity contribution in [2.75, 3.05) is 0 Å². The first-order valence-corrected chi connectivity index (χ1v) is 5.75. The van der Waals surface area contributed by atoms with Crippen LogP contribution in [0.15, 0.2) is 58.3 Å². The van der Waals surface area contributed by atoms with Crippen LogP contribution in [0.1, 0.15) is 0 Å². The van der Waals surface area contributed by atoms with Gasteiger partial charge in [0.15, 0.2) is 0 Å². The molecule has 0 saturated heterocycles. The minimum absolute atomic E-state index is 0.640. The van der Waals surface area contributed by atoms with Gasteiger partial charge in [0.05, 0.1) is 0 Å². The van der Waals surface area contributed by atoms with E-state index in [1.165, 1.54) is 0 Å². The molecule has 4 N–H and O–H groups in total. The first-order chi connectivity index (χ1) is 8.31. The lowest BCUT2D eigenvalue weighted by Gasteiger charge is -2.04. The summed E-state index contributed by atoms with van der Waals surface area (Å²) < 4.78 is 0. The van der Waals surface area contributed by atoms with E-state index in [1.807, 2.05) is 48.5 Å². The van der Waals surface area contributed by atoms with Crippen LogP contribution in [-0.2, 0) is 0 Å². The van der Waals surface area contributed by atoms with E-state index in [1.54, 1.807) is 11.8 Å². The summed E-state index contributed by atoms with van der Waals surface area (Å²) in [7, 11) is 0. The molecule has 0 radical (unpaired) electrons. The maximum absolute atomic E-state index is 5.05. The number of rotatable bonds is 4. The molecule has 0 unspecified atom stereocenters. The van der Waals surface area contributed by atoms with Gasteiger partial charge in [-0.2, -0.15) is 11.8 Å². The monoisotopic (exact) mass is 248 g/mol. The molecule has 2 aromatic carbocycles. The lowest BCUT2D eigenvalue weighted by atomic mass is 10.3. The van der Waals surface area contributed by atoms with E-state index < -0.39 is 0 Å². The van der Waals surface area contributed by atoms with Crippen molar-refractivity contribution in [2.24, 2.45) is 11.8 Å². The number of nitrogens with two attached hydrogens (primary N) is 2. The van der Waals surface area contributed by atoms with Crippen molar-refractivity contribution in [3.8, 4) is 11.5 Å². The number of hydrogen-bond donors (Lipinski definition) is 2. The molecule has 0 bridgehead atoms. The molecule has 0 aliphatic rings. The molecule has 0 atom stereocenters. The average Bonchev–Trinajstić information content (AvgIpc) is 2.40. The van der Waals surface area contributed by atoms with Crippen molar-refractivity contribution >= 4 is 11.8 Å². The molecule has 0 aromatic heterocycles. The molecular formula is C12H12N2O2S. The normalized spacial score (nSPS) is 10.0. The van der Waals surface area contributed by atoms with Gasteiger partial charge in [0.25, 0.3) is 0 Å². The van der Waals surface area contributed by atoms with Crippen molar-refractivity contribution in [1.82, 2.24) is 0 Å². The van der Waals surface area contributed by atoms with Gasteiger partial charge >= 0.3 is 0 Å². The third-order valence-corrected chi connectivity index (χ3v) is 3.17. The summed E-state index contributed by atoms with van der Waals surface area (Å²) in [6.07, 6.45) is 0. The Morgan fingerprint density at radius 3 is 1.29 bits per heavy atom. The van der Waals surface area contributed by atoms with Gasteiger partial charge in [-0.05, 0) is 48.5 Å². The Labute approximate surface area is 103 Å². The summed E-state index contributed by atoms with van der Waals surface area (Å²) in [5, 5.41) is 0. The zero-order valence-electron chi connectivity index (χ0n) is 9.00. The molecule has 0 fully saturated rings. The fourth-order valence-corrected chi connectivity index (χ4v) is 2.13. The van der Waals surface area contributed by atoms with E-state index in [4.69, 9.17) is 11.8 Å². The Kier molecular flexibility index (Phi) is 3.87. The summed E-state index contributed by atoms with van der Waals surface area (Å²) >= 11 is 1.63. The molecule has 17 heavy (non-hydrogen) atoms. The third-order valence-electron chi connectivity index (χ3n) is 2.16. The highest BCUT2D eigenvalue weighted by atomic mass is 32.2. The Morgan fingerprint density at radius 1 is 0.647 bits per heavy atom. The van der Waals surface area contributed by atoms with Crippen LogP contribution in [0.25, 0.3) is 0 Å². The second-order valence-electron chi connectivity index (χ2n) is 3.28.